The standard InChI is InChI=1S/C74H67BN2S/c1-44(2)48-25-36-55(47-19-13-12-14-20-47)59(41-48)50-27-38-63-64(43-50)76(53-32-28-51(29-33-53)72(6,7)8)65-39-46(5)40-66-68(65)75(63)71-69(77(66)54-34-30-52(31-35-54)73(9,10)11)67-58-37-26-49(45(3)4)42-62(58)74(70(67)78-71)60-23-17-15-21-56(60)57-22-16-18-24-61(57)74/h12-45H,1-11H3. The highest BCUT2D eigenvalue weighted by Gasteiger charge is 2.57. The van der Waals surface area contributed by atoms with E-state index in [1.165, 1.54) is 144 Å². The van der Waals surface area contributed by atoms with E-state index >= 15 is 0 Å². The van der Waals surface area contributed by atoms with E-state index < -0.39 is 5.41 Å². The van der Waals surface area contributed by atoms with E-state index in [2.05, 4.69) is 291 Å². The molecule has 1 aromatic heterocycles. The molecule has 0 bridgehead atoms. The summed E-state index contributed by atoms with van der Waals surface area (Å²) in [5.41, 5.74) is 30.8. The molecule has 9 aromatic carbocycles. The van der Waals surface area contributed by atoms with Crippen molar-refractivity contribution in [3.63, 3.8) is 0 Å². The van der Waals surface area contributed by atoms with Gasteiger partial charge in [0.05, 0.1) is 11.1 Å². The van der Waals surface area contributed by atoms with Crippen molar-refractivity contribution in [3.05, 3.63) is 244 Å². The Kier molecular flexibility index (Phi) is 10.9. The zero-order valence-corrected chi connectivity index (χ0v) is 47.8. The molecule has 3 heterocycles. The minimum absolute atomic E-state index is 0.00901. The molecule has 2 aliphatic heterocycles. The third-order valence-electron chi connectivity index (χ3n) is 17.8. The summed E-state index contributed by atoms with van der Waals surface area (Å²) in [6.07, 6.45) is 0. The van der Waals surface area contributed by atoms with Crippen LogP contribution in [0.1, 0.15) is 130 Å². The molecule has 0 amide bonds. The van der Waals surface area contributed by atoms with Gasteiger partial charge in [0, 0.05) is 43.7 Å². The van der Waals surface area contributed by atoms with E-state index in [9.17, 15) is 0 Å². The van der Waals surface area contributed by atoms with Crippen LogP contribution in [-0.4, -0.2) is 6.71 Å². The summed E-state index contributed by atoms with van der Waals surface area (Å²) in [7, 11) is 0. The number of hydrogen-bond donors (Lipinski definition) is 0. The van der Waals surface area contributed by atoms with Crippen molar-refractivity contribution < 1.29 is 0 Å². The van der Waals surface area contributed by atoms with Crippen molar-refractivity contribution in [2.75, 3.05) is 9.80 Å². The fraction of sp³-hybridized carbons (Fsp3) is 0.216. The Morgan fingerprint density at radius 1 is 0.449 bits per heavy atom. The normalized spacial score (nSPS) is 14.3. The van der Waals surface area contributed by atoms with Gasteiger partial charge >= 0.3 is 0 Å². The lowest BCUT2D eigenvalue weighted by Gasteiger charge is -2.44. The van der Waals surface area contributed by atoms with Crippen molar-refractivity contribution in [2.24, 2.45) is 0 Å². The Bertz CT molecular complexity index is 4020. The third-order valence-corrected chi connectivity index (χ3v) is 19.2. The highest BCUT2D eigenvalue weighted by Crippen LogP contribution is 2.67. The number of thiophene rings is 1. The molecule has 1 spiro atoms. The summed E-state index contributed by atoms with van der Waals surface area (Å²) in [5.74, 6) is 0.765. The van der Waals surface area contributed by atoms with Gasteiger partial charge < -0.3 is 9.80 Å². The average Bonchev–Trinajstić information content (AvgIpc) is 2.68. The number of aryl methyl sites for hydroxylation is 1. The van der Waals surface area contributed by atoms with Gasteiger partial charge in [-0.25, -0.2) is 0 Å². The number of benzene rings is 9. The van der Waals surface area contributed by atoms with Crippen LogP contribution in [0.4, 0.5) is 34.1 Å². The zero-order valence-electron chi connectivity index (χ0n) is 47.0. The molecular weight excluding hydrogens is 960 g/mol. The van der Waals surface area contributed by atoms with Gasteiger partial charge in [0.1, 0.15) is 0 Å². The smallest absolute Gasteiger partial charge is 0.264 e. The van der Waals surface area contributed by atoms with Crippen molar-refractivity contribution >= 4 is 67.9 Å². The van der Waals surface area contributed by atoms with Gasteiger partial charge in [-0.1, -0.05) is 221 Å². The van der Waals surface area contributed by atoms with Crippen LogP contribution in [0.3, 0.4) is 0 Å². The number of fused-ring (bicyclic) bond motifs is 15. The average molecular weight is 1030 g/mol. The maximum atomic E-state index is 2.69. The molecule has 0 atom stereocenters. The van der Waals surface area contributed by atoms with Crippen LogP contribution in [0.5, 0.6) is 0 Å². The summed E-state index contributed by atoms with van der Waals surface area (Å²) in [4.78, 5) is 6.73. The second-order valence-corrected chi connectivity index (χ2v) is 26.4. The van der Waals surface area contributed by atoms with Gasteiger partial charge in [0.25, 0.3) is 6.71 Å². The first-order chi connectivity index (χ1) is 37.5. The highest BCUT2D eigenvalue weighted by atomic mass is 32.1. The Balaban J connectivity index is 1.11. The Morgan fingerprint density at radius 2 is 0.987 bits per heavy atom. The molecule has 382 valence electrons. The van der Waals surface area contributed by atoms with E-state index in [1.54, 1.807) is 0 Å². The Labute approximate surface area is 467 Å². The van der Waals surface area contributed by atoms with Crippen molar-refractivity contribution in [2.45, 2.75) is 104 Å². The maximum absolute atomic E-state index is 2.69. The first-order valence-electron chi connectivity index (χ1n) is 28.3. The SMILES string of the molecule is Cc1cc2c3c(c1)N(c1ccc(C(C)(C)C)cc1)c1c(sc4c1-c1ccc(C(C)C)cc1C41c4ccccc4-c4ccccc41)B3c1ccc(-c3cc(C(C)C)ccc3-c3ccccc3)cc1N2c1ccc(C(C)(C)C)cc1. The first kappa shape index (κ1) is 48.7. The summed E-state index contributed by atoms with van der Waals surface area (Å²) in [5, 5.41) is 0. The molecule has 2 nitrogen and oxygen atoms in total. The van der Waals surface area contributed by atoms with Gasteiger partial charge in [-0.3, -0.25) is 0 Å². The van der Waals surface area contributed by atoms with Crippen molar-refractivity contribution in [1.29, 1.82) is 0 Å². The Hall–Kier alpha value is -7.66. The molecule has 0 fully saturated rings. The van der Waals surface area contributed by atoms with Crippen LogP contribution in [-0.2, 0) is 16.2 Å². The van der Waals surface area contributed by atoms with Crippen molar-refractivity contribution in [1.82, 2.24) is 0 Å². The molecule has 0 unspecified atom stereocenters. The molecule has 0 radical (unpaired) electrons. The predicted molar refractivity (Wildman–Crippen MR) is 336 cm³/mol. The number of nitrogens with zero attached hydrogens (tertiary/aromatic N) is 2. The predicted octanol–water partition coefficient (Wildman–Crippen LogP) is 18.7. The number of anilines is 6. The van der Waals surface area contributed by atoms with E-state index in [1.807, 2.05) is 0 Å². The number of hydrogen-bond acceptors (Lipinski definition) is 3. The van der Waals surface area contributed by atoms with Crippen LogP contribution >= 0.6 is 11.3 Å². The van der Waals surface area contributed by atoms with Crippen LogP contribution in [0.25, 0.3) is 44.5 Å². The molecule has 4 heteroatoms. The van der Waals surface area contributed by atoms with E-state index in [-0.39, 0.29) is 17.5 Å². The fourth-order valence-electron chi connectivity index (χ4n) is 13.8. The second kappa shape index (κ2) is 17.4. The zero-order chi connectivity index (χ0) is 53.7. The van der Waals surface area contributed by atoms with Gasteiger partial charge in [-0.15, -0.1) is 11.3 Å². The van der Waals surface area contributed by atoms with E-state index in [0.29, 0.717) is 11.8 Å². The maximum Gasteiger partial charge on any atom is 0.264 e. The summed E-state index contributed by atoms with van der Waals surface area (Å²) < 4.78 is 1.40. The molecule has 10 aromatic rings. The van der Waals surface area contributed by atoms with Crippen LogP contribution < -0.4 is 25.5 Å². The first-order valence-corrected chi connectivity index (χ1v) is 29.1. The van der Waals surface area contributed by atoms with E-state index in [4.69, 9.17) is 0 Å². The molecule has 78 heavy (non-hydrogen) atoms. The van der Waals surface area contributed by atoms with Gasteiger partial charge in [-0.05, 0) is 166 Å². The van der Waals surface area contributed by atoms with E-state index in [0.717, 1.165) is 0 Å². The highest BCUT2D eigenvalue weighted by molar-refractivity contribution is 7.30. The lowest BCUT2D eigenvalue weighted by Crippen LogP contribution is -2.60. The molecule has 0 N–H and O–H groups in total. The minimum atomic E-state index is -0.491. The van der Waals surface area contributed by atoms with Crippen LogP contribution in [0.2, 0.25) is 0 Å². The minimum Gasteiger partial charge on any atom is -0.311 e. The van der Waals surface area contributed by atoms with Crippen LogP contribution in [0, 0.1) is 6.92 Å². The van der Waals surface area contributed by atoms with Gasteiger partial charge in [0.15, 0.2) is 0 Å². The summed E-state index contributed by atoms with van der Waals surface area (Å²) in [6, 6.07) is 75.7. The summed E-state index contributed by atoms with van der Waals surface area (Å²) in [6.45, 7) is 25.5. The second-order valence-electron chi connectivity index (χ2n) is 25.3. The lowest BCUT2D eigenvalue weighted by atomic mass is 9.36. The fourth-order valence-corrected chi connectivity index (χ4v) is 15.4. The molecule has 0 saturated heterocycles. The monoisotopic (exact) mass is 1030 g/mol. The van der Waals surface area contributed by atoms with Crippen LogP contribution in [0.15, 0.2) is 194 Å². The van der Waals surface area contributed by atoms with Gasteiger partial charge in [-0.2, -0.15) is 0 Å². The Morgan fingerprint density at radius 3 is 1.58 bits per heavy atom. The quantitative estimate of drug-likeness (QED) is 0.153. The largest absolute Gasteiger partial charge is 0.311 e. The van der Waals surface area contributed by atoms with Gasteiger partial charge in [0.2, 0.25) is 0 Å². The summed E-state index contributed by atoms with van der Waals surface area (Å²) >= 11 is 2.08. The molecule has 4 aliphatic rings. The lowest BCUT2D eigenvalue weighted by molar-refractivity contribution is 0.590. The molecular formula is C74H67BN2S. The molecule has 14 rings (SSSR count). The molecule has 2 aliphatic carbocycles. The number of rotatable bonds is 6. The third kappa shape index (κ3) is 7.07. The topological polar surface area (TPSA) is 6.48 Å². The van der Waals surface area contributed by atoms with Crippen molar-refractivity contribution in [3.8, 4) is 44.5 Å². The molecule has 0 saturated carbocycles.